The first kappa shape index (κ1) is 10.2. The molecule has 80 valence electrons. The Bertz CT molecular complexity index is 202. The van der Waals surface area contributed by atoms with Crippen LogP contribution in [-0.4, -0.2) is 11.8 Å². The van der Waals surface area contributed by atoms with E-state index in [1.807, 2.05) is 0 Å². The molecule has 0 aromatic heterocycles. The van der Waals surface area contributed by atoms with Crippen molar-refractivity contribution in [3.05, 3.63) is 0 Å². The van der Waals surface area contributed by atoms with Gasteiger partial charge in [-0.15, -0.1) is 0 Å². The Morgan fingerprint density at radius 3 is 2.21 bits per heavy atom. The minimum absolute atomic E-state index is 0.357. The molecule has 0 radical (unpaired) electrons. The first-order valence-electron chi connectivity index (χ1n) is 6.04. The van der Waals surface area contributed by atoms with E-state index in [-0.39, 0.29) is 0 Å². The Hall–Kier alpha value is -0.370. The van der Waals surface area contributed by atoms with Crippen LogP contribution in [0.1, 0.15) is 51.4 Å². The van der Waals surface area contributed by atoms with Gasteiger partial charge in [0.15, 0.2) is 0 Å². The second-order valence-corrected chi connectivity index (χ2v) is 5.08. The molecule has 0 heterocycles. The molecular weight excluding hydrogens is 174 g/mol. The van der Waals surface area contributed by atoms with Crippen molar-refractivity contribution >= 4 is 5.78 Å². The molecule has 2 N–H and O–H groups in total. The Labute approximate surface area is 86.2 Å². The van der Waals surface area contributed by atoms with Gasteiger partial charge in [0.25, 0.3) is 0 Å². The molecule has 2 aliphatic carbocycles. The van der Waals surface area contributed by atoms with E-state index >= 15 is 0 Å². The molecule has 14 heavy (non-hydrogen) atoms. The van der Waals surface area contributed by atoms with Crippen LogP contribution in [0.25, 0.3) is 0 Å². The van der Waals surface area contributed by atoms with Gasteiger partial charge in [-0.3, -0.25) is 4.79 Å². The van der Waals surface area contributed by atoms with Crippen molar-refractivity contribution in [3.63, 3.8) is 0 Å². The summed E-state index contributed by atoms with van der Waals surface area (Å²) in [5.41, 5.74) is 5.82. The molecule has 0 unspecified atom stereocenters. The molecule has 0 spiro atoms. The maximum absolute atomic E-state index is 11.9. The van der Waals surface area contributed by atoms with Crippen molar-refractivity contribution in [2.75, 3.05) is 0 Å². The quantitative estimate of drug-likeness (QED) is 0.750. The molecule has 0 aromatic rings. The van der Waals surface area contributed by atoms with Crippen LogP contribution in [0.4, 0.5) is 0 Å². The van der Waals surface area contributed by atoms with E-state index in [4.69, 9.17) is 5.73 Å². The standard InChI is InChI=1S/C12H21NO/c13-11-6-4-10(5-7-11)12(14)8-9-2-1-3-9/h9-11H,1-8,13H2. The number of carbonyl (C=O) groups is 1. The zero-order chi connectivity index (χ0) is 9.97. The smallest absolute Gasteiger partial charge is 0.136 e. The van der Waals surface area contributed by atoms with Gasteiger partial charge in [0.05, 0.1) is 0 Å². The predicted molar refractivity (Wildman–Crippen MR) is 56.9 cm³/mol. The second kappa shape index (κ2) is 4.43. The molecule has 2 fully saturated rings. The molecule has 2 heteroatoms. The molecule has 2 nitrogen and oxygen atoms in total. The van der Waals surface area contributed by atoms with Crippen LogP contribution < -0.4 is 5.73 Å². The number of hydrogen-bond acceptors (Lipinski definition) is 2. The van der Waals surface area contributed by atoms with Gasteiger partial charge in [-0.2, -0.15) is 0 Å². The highest BCUT2D eigenvalue weighted by Crippen LogP contribution is 2.33. The topological polar surface area (TPSA) is 43.1 Å². The minimum atomic E-state index is 0.357. The number of rotatable bonds is 3. The van der Waals surface area contributed by atoms with Gasteiger partial charge in [0.1, 0.15) is 5.78 Å². The fourth-order valence-corrected chi connectivity index (χ4v) is 2.59. The lowest BCUT2D eigenvalue weighted by atomic mass is 9.76. The van der Waals surface area contributed by atoms with Gasteiger partial charge in [-0.1, -0.05) is 19.3 Å². The van der Waals surface area contributed by atoms with Crippen LogP contribution in [0.2, 0.25) is 0 Å². The van der Waals surface area contributed by atoms with E-state index in [9.17, 15) is 4.79 Å². The molecular formula is C12H21NO. The third-order valence-corrected chi connectivity index (χ3v) is 3.94. The third-order valence-electron chi connectivity index (χ3n) is 3.94. The lowest BCUT2D eigenvalue weighted by molar-refractivity contribution is -0.125. The van der Waals surface area contributed by atoms with Gasteiger partial charge in [-0.25, -0.2) is 0 Å². The van der Waals surface area contributed by atoms with Crippen molar-refractivity contribution in [2.24, 2.45) is 17.6 Å². The van der Waals surface area contributed by atoms with Crippen LogP contribution in [0.3, 0.4) is 0 Å². The second-order valence-electron chi connectivity index (χ2n) is 5.08. The average molecular weight is 195 g/mol. The summed E-state index contributed by atoms with van der Waals surface area (Å²) >= 11 is 0. The number of ketones is 1. The van der Waals surface area contributed by atoms with Crippen LogP contribution in [0.15, 0.2) is 0 Å². The third kappa shape index (κ3) is 2.35. The number of hydrogen-bond donors (Lipinski definition) is 1. The fraction of sp³-hybridized carbons (Fsp3) is 0.917. The first-order chi connectivity index (χ1) is 6.75. The van der Waals surface area contributed by atoms with Crippen molar-refractivity contribution < 1.29 is 4.79 Å². The highest BCUT2D eigenvalue weighted by Gasteiger charge is 2.28. The Morgan fingerprint density at radius 2 is 1.71 bits per heavy atom. The molecule has 2 rings (SSSR count). The van der Waals surface area contributed by atoms with E-state index in [1.165, 1.54) is 19.3 Å². The van der Waals surface area contributed by atoms with Crippen LogP contribution in [-0.2, 0) is 4.79 Å². The number of carbonyl (C=O) groups excluding carboxylic acids is 1. The summed E-state index contributed by atoms with van der Waals surface area (Å²) in [6.45, 7) is 0. The molecule has 2 saturated carbocycles. The molecule has 0 bridgehead atoms. The van der Waals surface area contributed by atoms with E-state index in [0.29, 0.717) is 17.7 Å². The maximum atomic E-state index is 11.9. The fourth-order valence-electron chi connectivity index (χ4n) is 2.59. The summed E-state index contributed by atoms with van der Waals surface area (Å²) < 4.78 is 0. The molecule has 0 aliphatic heterocycles. The summed E-state index contributed by atoms with van der Waals surface area (Å²) in [5, 5.41) is 0. The van der Waals surface area contributed by atoms with Gasteiger partial charge in [0.2, 0.25) is 0 Å². The molecule has 0 atom stereocenters. The predicted octanol–water partition coefficient (Wildman–Crippen LogP) is 2.26. The summed E-state index contributed by atoms with van der Waals surface area (Å²) in [7, 11) is 0. The first-order valence-corrected chi connectivity index (χ1v) is 6.04. The lowest BCUT2D eigenvalue weighted by Crippen LogP contribution is -2.31. The molecule has 0 amide bonds. The van der Waals surface area contributed by atoms with Crippen molar-refractivity contribution in [1.29, 1.82) is 0 Å². The van der Waals surface area contributed by atoms with Gasteiger partial charge in [-0.05, 0) is 31.6 Å². The average Bonchev–Trinajstić information content (AvgIpc) is 2.12. The number of Topliss-reactive ketones (excluding diaryl/α,β-unsaturated/α-hetero) is 1. The summed E-state index contributed by atoms with van der Waals surface area (Å²) in [5.74, 6) is 1.62. The Morgan fingerprint density at radius 1 is 1.07 bits per heavy atom. The van der Waals surface area contributed by atoms with E-state index in [1.54, 1.807) is 0 Å². The molecule has 0 aromatic carbocycles. The zero-order valence-electron chi connectivity index (χ0n) is 8.87. The van der Waals surface area contributed by atoms with Gasteiger partial charge in [0, 0.05) is 18.4 Å². The van der Waals surface area contributed by atoms with Crippen LogP contribution >= 0.6 is 0 Å². The normalized spacial score (nSPS) is 33.8. The Kier molecular flexibility index (Phi) is 3.22. The van der Waals surface area contributed by atoms with Crippen molar-refractivity contribution in [2.45, 2.75) is 57.4 Å². The van der Waals surface area contributed by atoms with Crippen LogP contribution in [0, 0.1) is 11.8 Å². The van der Waals surface area contributed by atoms with E-state index in [0.717, 1.165) is 38.0 Å². The van der Waals surface area contributed by atoms with Crippen molar-refractivity contribution in [3.8, 4) is 0 Å². The summed E-state index contributed by atoms with van der Waals surface area (Å²) in [4.78, 5) is 11.9. The SMILES string of the molecule is NC1CCC(C(=O)CC2CCC2)CC1. The lowest BCUT2D eigenvalue weighted by Gasteiger charge is -2.29. The Balaban J connectivity index is 1.74. The van der Waals surface area contributed by atoms with Crippen molar-refractivity contribution in [1.82, 2.24) is 0 Å². The van der Waals surface area contributed by atoms with Gasteiger partial charge < -0.3 is 5.73 Å². The number of nitrogens with two attached hydrogens (primary N) is 1. The minimum Gasteiger partial charge on any atom is -0.328 e. The highest BCUT2D eigenvalue weighted by molar-refractivity contribution is 5.81. The summed E-state index contributed by atoms with van der Waals surface area (Å²) in [6.07, 6.45) is 8.99. The maximum Gasteiger partial charge on any atom is 0.136 e. The molecule has 0 saturated heterocycles. The van der Waals surface area contributed by atoms with Gasteiger partial charge >= 0.3 is 0 Å². The summed E-state index contributed by atoms with van der Waals surface area (Å²) in [6, 6.07) is 0.364. The zero-order valence-corrected chi connectivity index (χ0v) is 8.87. The van der Waals surface area contributed by atoms with E-state index < -0.39 is 0 Å². The van der Waals surface area contributed by atoms with E-state index in [2.05, 4.69) is 0 Å². The largest absolute Gasteiger partial charge is 0.328 e. The van der Waals surface area contributed by atoms with Crippen LogP contribution in [0.5, 0.6) is 0 Å². The highest BCUT2D eigenvalue weighted by atomic mass is 16.1. The monoisotopic (exact) mass is 195 g/mol. The molecule has 2 aliphatic rings.